The summed E-state index contributed by atoms with van der Waals surface area (Å²) >= 11 is 1.10. The summed E-state index contributed by atoms with van der Waals surface area (Å²) in [6.45, 7) is 0. The van der Waals surface area contributed by atoms with Crippen LogP contribution in [-0.2, 0) is 0 Å². The smallest absolute Gasteiger partial charge is 0.311 e. The Kier molecular flexibility index (Phi) is 6.14. The number of methoxy groups -OCH3 is 2. The number of hydrogen-bond donors (Lipinski definition) is 0. The van der Waals surface area contributed by atoms with Crippen LogP contribution in [0.2, 0.25) is 0 Å². The van der Waals surface area contributed by atoms with Crippen molar-refractivity contribution in [2.45, 2.75) is 12.5 Å². The summed E-state index contributed by atoms with van der Waals surface area (Å²) in [6.07, 6.45) is 6.06. The maximum absolute atomic E-state index is 12.4. The van der Waals surface area contributed by atoms with Crippen LogP contribution in [0.3, 0.4) is 0 Å². The number of thioether (sulfide) groups is 1. The van der Waals surface area contributed by atoms with Crippen LogP contribution >= 0.6 is 11.8 Å². The summed E-state index contributed by atoms with van der Waals surface area (Å²) in [6, 6.07) is 19.4. The largest absolute Gasteiger partial charge is 0.497 e. The van der Waals surface area contributed by atoms with Crippen molar-refractivity contribution in [2.75, 3.05) is 14.2 Å². The van der Waals surface area contributed by atoms with Crippen molar-refractivity contribution in [3.8, 4) is 11.5 Å². The highest BCUT2D eigenvalue weighted by Gasteiger charge is 2.36. The Bertz CT molecular complexity index is 1290. The molecule has 7 nitrogen and oxygen atoms in total. The highest BCUT2D eigenvalue weighted by molar-refractivity contribution is 8.18. The number of rotatable bonds is 5. The molecule has 1 unspecified atom stereocenters. The van der Waals surface area contributed by atoms with Crippen LogP contribution in [0.1, 0.15) is 29.2 Å². The minimum Gasteiger partial charge on any atom is -0.497 e. The number of ether oxygens (including phenoxy) is 2. The zero-order valence-electron chi connectivity index (χ0n) is 18.7. The number of aliphatic imine (C=N–C) groups is 1. The number of carbonyl (C=O) groups is 1. The fourth-order valence-corrected chi connectivity index (χ4v) is 4.67. The molecule has 5 rings (SSSR count). The molecule has 2 aliphatic rings. The van der Waals surface area contributed by atoms with E-state index in [1.165, 1.54) is 0 Å². The Morgan fingerprint density at radius 1 is 1.00 bits per heavy atom. The zero-order chi connectivity index (χ0) is 23.5. The maximum atomic E-state index is 12.4. The number of hydrazone groups is 1. The van der Waals surface area contributed by atoms with Gasteiger partial charge in [0.05, 0.1) is 30.9 Å². The van der Waals surface area contributed by atoms with E-state index in [0.717, 1.165) is 50.6 Å². The first-order valence-electron chi connectivity index (χ1n) is 10.7. The Morgan fingerprint density at radius 3 is 2.35 bits per heavy atom. The van der Waals surface area contributed by atoms with Gasteiger partial charge in [0.2, 0.25) is 0 Å². The van der Waals surface area contributed by atoms with E-state index in [2.05, 4.69) is 9.98 Å². The average molecular weight is 471 g/mol. The number of nitrogens with zero attached hydrogens (tertiary/aromatic N) is 4. The molecular weight excluding hydrogens is 448 g/mol. The second-order valence-corrected chi connectivity index (χ2v) is 8.70. The van der Waals surface area contributed by atoms with Gasteiger partial charge in [-0.15, -0.1) is 0 Å². The summed E-state index contributed by atoms with van der Waals surface area (Å²) in [5, 5.41) is 6.55. The normalized spacial score (nSPS) is 18.8. The second-order valence-electron chi connectivity index (χ2n) is 7.71. The summed E-state index contributed by atoms with van der Waals surface area (Å²) in [5.41, 5.74) is 3.86. The van der Waals surface area contributed by atoms with E-state index in [4.69, 9.17) is 14.6 Å². The van der Waals surface area contributed by atoms with Crippen molar-refractivity contribution in [3.05, 3.63) is 94.7 Å². The third-order valence-corrected chi connectivity index (χ3v) is 6.43. The SMILES string of the molecule is COc1ccc(C2=NN(C3=NC(=O)S/C3=C\c3cccnc3)C(c3ccc(OC)cc3)C2)cc1. The molecule has 0 fully saturated rings. The number of pyridine rings is 1. The highest BCUT2D eigenvalue weighted by atomic mass is 32.2. The molecule has 2 aromatic carbocycles. The second kappa shape index (κ2) is 9.52. The molecule has 3 heterocycles. The van der Waals surface area contributed by atoms with Crippen molar-refractivity contribution in [3.63, 3.8) is 0 Å². The van der Waals surface area contributed by atoms with Crippen LogP contribution in [0.5, 0.6) is 11.5 Å². The van der Waals surface area contributed by atoms with Crippen LogP contribution in [-0.4, -0.2) is 41.0 Å². The zero-order valence-corrected chi connectivity index (χ0v) is 19.5. The van der Waals surface area contributed by atoms with Crippen molar-refractivity contribution in [1.82, 2.24) is 9.99 Å². The summed E-state index contributed by atoms with van der Waals surface area (Å²) in [5.74, 6) is 2.11. The number of amidine groups is 1. The van der Waals surface area contributed by atoms with Crippen LogP contribution in [0.15, 0.2) is 88.1 Å². The van der Waals surface area contributed by atoms with Crippen molar-refractivity contribution < 1.29 is 14.3 Å². The summed E-state index contributed by atoms with van der Waals surface area (Å²) in [4.78, 5) is 21.6. The number of carbonyl (C=O) groups excluding carboxylic acids is 1. The lowest BCUT2D eigenvalue weighted by Gasteiger charge is -2.24. The summed E-state index contributed by atoms with van der Waals surface area (Å²) in [7, 11) is 3.29. The van der Waals surface area contributed by atoms with Crippen LogP contribution in [0.25, 0.3) is 6.08 Å². The van der Waals surface area contributed by atoms with Gasteiger partial charge in [-0.05, 0) is 77.0 Å². The van der Waals surface area contributed by atoms with Gasteiger partial charge in [0.15, 0.2) is 5.84 Å². The van der Waals surface area contributed by atoms with E-state index in [1.807, 2.05) is 71.7 Å². The number of benzene rings is 2. The van der Waals surface area contributed by atoms with E-state index in [9.17, 15) is 4.79 Å². The molecule has 3 aromatic rings. The first-order valence-corrected chi connectivity index (χ1v) is 11.5. The van der Waals surface area contributed by atoms with Crippen molar-refractivity contribution >= 4 is 34.6 Å². The van der Waals surface area contributed by atoms with E-state index in [1.54, 1.807) is 26.6 Å². The van der Waals surface area contributed by atoms with Gasteiger partial charge >= 0.3 is 5.24 Å². The molecule has 0 radical (unpaired) electrons. The molecule has 0 saturated carbocycles. The monoisotopic (exact) mass is 470 g/mol. The topological polar surface area (TPSA) is 76.4 Å². The van der Waals surface area contributed by atoms with Crippen molar-refractivity contribution in [2.24, 2.45) is 10.1 Å². The predicted molar refractivity (Wildman–Crippen MR) is 134 cm³/mol. The number of hydrogen-bond acceptors (Lipinski definition) is 7. The first kappa shape index (κ1) is 21.9. The van der Waals surface area contributed by atoms with Gasteiger partial charge in [-0.1, -0.05) is 18.2 Å². The van der Waals surface area contributed by atoms with Crippen LogP contribution in [0, 0.1) is 0 Å². The van der Waals surface area contributed by atoms with E-state index >= 15 is 0 Å². The Morgan fingerprint density at radius 2 is 1.71 bits per heavy atom. The van der Waals surface area contributed by atoms with E-state index in [-0.39, 0.29) is 11.3 Å². The Hall–Kier alpha value is -3.91. The summed E-state index contributed by atoms with van der Waals surface area (Å²) < 4.78 is 10.6. The van der Waals surface area contributed by atoms with Crippen LogP contribution in [0.4, 0.5) is 4.79 Å². The molecule has 170 valence electrons. The lowest BCUT2D eigenvalue weighted by atomic mass is 9.98. The molecule has 1 atom stereocenters. The van der Waals surface area contributed by atoms with Crippen LogP contribution < -0.4 is 9.47 Å². The standard InChI is InChI=1S/C26H22N4O3S/c1-32-20-9-5-18(6-10-20)22-15-23(19-7-11-21(33-2)12-8-19)30(29-22)25-24(34-26(31)28-25)14-17-4-3-13-27-16-17/h3-14,16,23H,15H2,1-2H3/b24-14-. The molecule has 2 aliphatic heterocycles. The highest BCUT2D eigenvalue weighted by Crippen LogP contribution is 2.40. The number of amides is 1. The molecule has 34 heavy (non-hydrogen) atoms. The van der Waals surface area contributed by atoms with Gasteiger partial charge in [-0.25, -0.2) is 5.01 Å². The molecule has 0 N–H and O–H groups in total. The van der Waals surface area contributed by atoms with Gasteiger partial charge in [-0.2, -0.15) is 10.1 Å². The average Bonchev–Trinajstić information content (AvgIpc) is 3.48. The predicted octanol–water partition coefficient (Wildman–Crippen LogP) is 5.56. The maximum Gasteiger partial charge on any atom is 0.311 e. The van der Waals surface area contributed by atoms with Gasteiger partial charge in [0.25, 0.3) is 0 Å². The lowest BCUT2D eigenvalue weighted by Crippen LogP contribution is -2.26. The minimum atomic E-state index is -0.258. The van der Waals surface area contributed by atoms with E-state index in [0.29, 0.717) is 12.3 Å². The molecule has 0 aliphatic carbocycles. The number of aromatic nitrogens is 1. The molecule has 0 bridgehead atoms. The minimum absolute atomic E-state index is 0.120. The quantitative estimate of drug-likeness (QED) is 0.486. The first-order chi connectivity index (χ1) is 16.6. The van der Waals surface area contributed by atoms with Gasteiger partial charge in [0.1, 0.15) is 11.5 Å². The van der Waals surface area contributed by atoms with Gasteiger partial charge in [-0.3, -0.25) is 9.78 Å². The third kappa shape index (κ3) is 4.45. The molecule has 8 heteroatoms. The Balaban J connectivity index is 1.55. The Labute approximate surface area is 201 Å². The molecule has 1 aromatic heterocycles. The van der Waals surface area contributed by atoms with Gasteiger partial charge < -0.3 is 9.47 Å². The molecule has 1 amide bonds. The third-order valence-electron chi connectivity index (χ3n) is 5.65. The molecule has 0 saturated heterocycles. The fourth-order valence-electron chi connectivity index (χ4n) is 3.92. The fraction of sp³-hybridized carbons (Fsp3) is 0.154. The molecule has 0 spiro atoms. The van der Waals surface area contributed by atoms with Gasteiger partial charge in [0, 0.05) is 18.8 Å². The lowest BCUT2D eigenvalue weighted by molar-refractivity contribution is 0.267. The van der Waals surface area contributed by atoms with E-state index < -0.39 is 0 Å². The van der Waals surface area contributed by atoms with Crippen molar-refractivity contribution in [1.29, 1.82) is 0 Å². The molecular formula is C26H22N4O3S.